The van der Waals surface area contributed by atoms with Gasteiger partial charge in [0.1, 0.15) is 5.82 Å². The quantitative estimate of drug-likeness (QED) is 0.897. The zero-order valence-electron chi connectivity index (χ0n) is 8.89. The number of hydrogen-bond donors (Lipinski definition) is 2. The van der Waals surface area contributed by atoms with Crippen LogP contribution in [0.3, 0.4) is 0 Å². The Hall–Kier alpha value is -0.880. The van der Waals surface area contributed by atoms with Crippen molar-refractivity contribution in [1.29, 1.82) is 0 Å². The van der Waals surface area contributed by atoms with E-state index in [4.69, 9.17) is 5.11 Å². The maximum absolute atomic E-state index is 13.0. The molecule has 2 N–H and O–H groups in total. The molecule has 1 heterocycles. The summed E-state index contributed by atoms with van der Waals surface area (Å²) in [5.41, 5.74) is 1.42. The molecule has 0 fully saturated rings. The molecule has 5 heteroatoms. The molecule has 0 saturated carbocycles. The van der Waals surface area contributed by atoms with Gasteiger partial charge in [-0.1, -0.05) is 11.8 Å². The van der Waals surface area contributed by atoms with Crippen molar-refractivity contribution in [3.05, 3.63) is 46.6 Å². The fraction of sp³-hybridized carbons (Fsp3) is 0.167. The van der Waals surface area contributed by atoms with E-state index < -0.39 is 0 Å². The molecule has 2 rings (SSSR count). The smallest absolute Gasteiger partial charge is 0.123 e. The molecule has 90 valence electrons. The summed E-state index contributed by atoms with van der Waals surface area (Å²) in [6.45, 7) is -0.207. The third kappa shape index (κ3) is 2.87. The largest absolute Gasteiger partial charge is 0.392 e. The second kappa shape index (κ2) is 5.64. The van der Waals surface area contributed by atoms with E-state index in [9.17, 15) is 9.50 Å². The topological polar surface area (TPSA) is 40.5 Å². The van der Waals surface area contributed by atoms with E-state index in [1.54, 1.807) is 6.07 Å². The van der Waals surface area contributed by atoms with Crippen LogP contribution in [-0.2, 0) is 13.2 Å². The van der Waals surface area contributed by atoms with Crippen LogP contribution in [0.15, 0.2) is 38.8 Å². The Morgan fingerprint density at radius 3 is 2.59 bits per heavy atom. The lowest BCUT2D eigenvalue weighted by molar-refractivity contribution is 0.278. The van der Waals surface area contributed by atoms with E-state index in [-0.39, 0.29) is 19.0 Å². The average molecular weight is 270 g/mol. The average Bonchev–Trinajstić information content (AvgIpc) is 2.78. The summed E-state index contributed by atoms with van der Waals surface area (Å²) < 4.78 is 14.0. The minimum Gasteiger partial charge on any atom is -0.392 e. The minimum atomic E-state index is -0.355. The second-order valence-corrected chi connectivity index (χ2v) is 5.63. The van der Waals surface area contributed by atoms with Gasteiger partial charge in [-0.15, -0.1) is 11.3 Å². The number of aliphatic hydroxyl groups is 2. The fourth-order valence-corrected chi connectivity index (χ4v) is 3.52. The van der Waals surface area contributed by atoms with Crippen LogP contribution in [0.2, 0.25) is 0 Å². The number of halogens is 1. The van der Waals surface area contributed by atoms with Crippen molar-refractivity contribution in [3.63, 3.8) is 0 Å². The first-order valence-electron chi connectivity index (χ1n) is 4.99. The first-order valence-corrected chi connectivity index (χ1v) is 6.68. The summed E-state index contributed by atoms with van der Waals surface area (Å²) in [7, 11) is 0. The van der Waals surface area contributed by atoms with Crippen LogP contribution in [0.4, 0.5) is 4.39 Å². The molecule has 0 unspecified atom stereocenters. The molecule has 0 bridgehead atoms. The Bertz CT molecular complexity index is 511. The first-order chi connectivity index (χ1) is 8.24. The molecule has 0 amide bonds. The van der Waals surface area contributed by atoms with Gasteiger partial charge in [-0.05, 0) is 35.2 Å². The van der Waals surface area contributed by atoms with Crippen molar-refractivity contribution in [2.24, 2.45) is 0 Å². The molecule has 0 saturated heterocycles. The van der Waals surface area contributed by atoms with E-state index in [1.807, 2.05) is 11.4 Å². The Morgan fingerprint density at radius 2 is 1.88 bits per heavy atom. The molecule has 0 aliphatic heterocycles. The second-order valence-electron chi connectivity index (χ2n) is 3.40. The number of hydrogen-bond acceptors (Lipinski definition) is 4. The van der Waals surface area contributed by atoms with Crippen LogP contribution in [-0.4, -0.2) is 10.2 Å². The number of thiophene rings is 1. The zero-order chi connectivity index (χ0) is 12.3. The van der Waals surface area contributed by atoms with Gasteiger partial charge in [0.15, 0.2) is 0 Å². The fourth-order valence-electron chi connectivity index (χ4n) is 1.40. The van der Waals surface area contributed by atoms with Gasteiger partial charge in [0, 0.05) is 10.5 Å². The summed E-state index contributed by atoms with van der Waals surface area (Å²) in [6, 6.07) is 6.20. The predicted molar refractivity (Wildman–Crippen MR) is 66.7 cm³/mol. The zero-order valence-corrected chi connectivity index (χ0v) is 10.5. The lowest BCUT2D eigenvalue weighted by Gasteiger charge is -2.06. The molecule has 0 spiro atoms. The molecule has 0 atom stereocenters. The summed E-state index contributed by atoms with van der Waals surface area (Å²) in [6.07, 6.45) is 0. The summed E-state index contributed by atoms with van der Waals surface area (Å²) in [5.74, 6) is -0.355. The molecule has 0 radical (unpaired) electrons. The van der Waals surface area contributed by atoms with E-state index in [0.29, 0.717) is 5.56 Å². The van der Waals surface area contributed by atoms with E-state index in [2.05, 4.69) is 0 Å². The molecule has 1 aromatic heterocycles. The van der Waals surface area contributed by atoms with Crippen molar-refractivity contribution in [3.8, 4) is 0 Å². The molecule has 17 heavy (non-hydrogen) atoms. The molecule has 2 aromatic rings. The van der Waals surface area contributed by atoms with Crippen molar-refractivity contribution in [2.45, 2.75) is 22.3 Å². The van der Waals surface area contributed by atoms with Gasteiger partial charge in [-0.3, -0.25) is 0 Å². The maximum Gasteiger partial charge on any atom is 0.123 e. The van der Waals surface area contributed by atoms with Gasteiger partial charge in [0.25, 0.3) is 0 Å². The standard InChI is InChI=1S/C12H11FO2S2/c13-10-1-2-11(9(5-10)7-15)17-12-8(6-14)3-4-16-12/h1-5,14-15H,6-7H2. The highest BCUT2D eigenvalue weighted by Crippen LogP contribution is 2.36. The molecular weight excluding hydrogens is 259 g/mol. The molecule has 0 aliphatic carbocycles. The van der Waals surface area contributed by atoms with Crippen LogP contribution in [0.5, 0.6) is 0 Å². The normalized spacial score (nSPS) is 10.8. The number of aliphatic hydroxyl groups excluding tert-OH is 2. The third-order valence-electron chi connectivity index (χ3n) is 2.27. The van der Waals surface area contributed by atoms with Crippen molar-refractivity contribution in [2.75, 3.05) is 0 Å². The first kappa shape index (κ1) is 12.6. The molecule has 0 aliphatic rings. The third-order valence-corrected chi connectivity index (χ3v) is 4.63. The molecule has 1 aromatic carbocycles. The monoisotopic (exact) mass is 270 g/mol. The molecule has 2 nitrogen and oxygen atoms in total. The van der Waals surface area contributed by atoms with E-state index in [0.717, 1.165) is 14.7 Å². The van der Waals surface area contributed by atoms with Gasteiger partial charge >= 0.3 is 0 Å². The Kier molecular flexibility index (Phi) is 4.17. The predicted octanol–water partition coefficient (Wildman–Crippen LogP) is 3.02. The Morgan fingerprint density at radius 1 is 1.12 bits per heavy atom. The van der Waals surface area contributed by atoms with Gasteiger partial charge in [0.2, 0.25) is 0 Å². The number of rotatable bonds is 4. The van der Waals surface area contributed by atoms with Crippen LogP contribution >= 0.6 is 23.1 Å². The van der Waals surface area contributed by atoms with Gasteiger partial charge in [0.05, 0.1) is 17.4 Å². The Balaban J connectivity index is 2.29. The summed E-state index contributed by atoms with van der Waals surface area (Å²) in [4.78, 5) is 0.811. The lowest BCUT2D eigenvalue weighted by atomic mass is 10.2. The van der Waals surface area contributed by atoms with Crippen molar-refractivity contribution >= 4 is 23.1 Å². The summed E-state index contributed by atoms with van der Waals surface area (Å²) >= 11 is 2.96. The maximum atomic E-state index is 13.0. The van der Waals surface area contributed by atoms with E-state index >= 15 is 0 Å². The van der Waals surface area contributed by atoms with Crippen molar-refractivity contribution < 1.29 is 14.6 Å². The highest BCUT2D eigenvalue weighted by molar-refractivity contribution is 8.01. The van der Waals surface area contributed by atoms with Crippen molar-refractivity contribution in [1.82, 2.24) is 0 Å². The van der Waals surface area contributed by atoms with Gasteiger partial charge in [-0.25, -0.2) is 4.39 Å². The summed E-state index contributed by atoms with van der Waals surface area (Å²) in [5, 5.41) is 20.2. The SMILES string of the molecule is OCc1cc(F)ccc1Sc1sccc1CO. The lowest BCUT2D eigenvalue weighted by Crippen LogP contribution is -1.89. The Labute approximate surface area is 107 Å². The van der Waals surface area contributed by atoms with Crippen LogP contribution in [0.25, 0.3) is 0 Å². The number of benzene rings is 1. The highest BCUT2D eigenvalue weighted by atomic mass is 32.2. The van der Waals surface area contributed by atoms with Crippen LogP contribution in [0.1, 0.15) is 11.1 Å². The van der Waals surface area contributed by atoms with Crippen LogP contribution in [0, 0.1) is 5.82 Å². The molecular formula is C12H11FO2S2. The highest BCUT2D eigenvalue weighted by Gasteiger charge is 2.09. The minimum absolute atomic E-state index is 0.0124. The van der Waals surface area contributed by atoms with Gasteiger partial charge in [-0.2, -0.15) is 0 Å². The van der Waals surface area contributed by atoms with E-state index in [1.165, 1.54) is 35.2 Å². The van der Waals surface area contributed by atoms with Gasteiger partial charge < -0.3 is 10.2 Å². The van der Waals surface area contributed by atoms with Crippen LogP contribution < -0.4 is 0 Å².